The van der Waals surface area contributed by atoms with Crippen LogP contribution >= 0.6 is 11.6 Å². The first-order valence-electron chi connectivity index (χ1n) is 9.57. The molecule has 1 aliphatic rings. The second-order valence-electron chi connectivity index (χ2n) is 6.96. The molecule has 2 aromatic carbocycles. The van der Waals surface area contributed by atoms with Crippen molar-refractivity contribution in [3.63, 3.8) is 0 Å². The van der Waals surface area contributed by atoms with Gasteiger partial charge in [-0.1, -0.05) is 29.8 Å². The number of fused-ring (bicyclic) bond motifs is 1. The van der Waals surface area contributed by atoms with Gasteiger partial charge in [0.2, 0.25) is 5.96 Å². The van der Waals surface area contributed by atoms with E-state index in [0.29, 0.717) is 27.5 Å². The largest absolute Gasteiger partial charge is 0.488 e. The normalized spacial score (nSPS) is 14.2. The quantitative estimate of drug-likeness (QED) is 0.339. The van der Waals surface area contributed by atoms with Crippen LogP contribution in [0.25, 0.3) is 0 Å². The van der Waals surface area contributed by atoms with Crippen LogP contribution in [0, 0.1) is 28.6 Å². The second kappa shape index (κ2) is 8.91. The second-order valence-corrected chi connectivity index (χ2v) is 7.40. The predicted octanol–water partition coefficient (Wildman–Crippen LogP) is 3.43. The Morgan fingerprint density at radius 1 is 1.21 bits per heavy atom. The van der Waals surface area contributed by atoms with Gasteiger partial charge in [0.1, 0.15) is 47.5 Å². The number of guanidine groups is 1. The summed E-state index contributed by atoms with van der Waals surface area (Å²) < 4.78 is 20.0. The Morgan fingerprint density at radius 2 is 2.00 bits per heavy atom. The lowest BCUT2D eigenvalue weighted by molar-refractivity contribution is 0.296. The van der Waals surface area contributed by atoms with Crippen LogP contribution in [0.1, 0.15) is 28.3 Å². The summed E-state index contributed by atoms with van der Waals surface area (Å²) in [6, 6.07) is 12.2. The Labute approximate surface area is 193 Å². The molecule has 0 saturated heterocycles. The molecule has 33 heavy (non-hydrogen) atoms. The minimum Gasteiger partial charge on any atom is -0.488 e. The van der Waals surface area contributed by atoms with Gasteiger partial charge in [-0.25, -0.2) is 14.4 Å². The number of rotatable bonds is 4. The maximum absolute atomic E-state index is 14.1. The Morgan fingerprint density at radius 3 is 2.73 bits per heavy atom. The third-order valence-corrected chi connectivity index (χ3v) is 5.20. The molecule has 1 aliphatic heterocycles. The summed E-state index contributed by atoms with van der Waals surface area (Å²) in [6.45, 7) is -0.0505. The molecule has 6 N–H and O–H groups in total. The smallest absolute Gasteiger partial charge is 0.211 e. The van der Waals surface area contributed by atoms with Crippen molar-refractivity contribution in [1.29, 1.82) is 10.5 Å². The van der Waals surface area contributed by atoms with Gasteiger partial charge >= 0.3 is 0 Å². The van der Waals surface area contributed by atoms with Crippen molar-refractivity contribution in [2.24, 2.45) is 4.99 Å². The lowest BCUT2D eigenvalue weighted by Crippen LogP contribution is -2.33. The Hall–Kier alpha value is -4.54. The van der Waals surface area contributed by atoms with Gasteiger partial charge in [-0.3, -0.25) is 5.32 Å². The molecule has 4 rings (SSSR count). The molecule has 1 atom stereocenters. The van der Waals surface area contributed by atoms with Gasteiger partial charge in [-0.05, 0) is 24.3 Å². The number of nitrogen functional groups attached to an aromatic ring is 2. The van der Waals surface area contributed by atoms with E-state index in [1.807, 2.05) is 6.07 Å². The molecule has 1 aromatic heterocycles. The third kappa shape index (κ3) is 4.15. The Balaban J connectivity index is 1.84. The number of nitrogens with zero attached hydrogens (tertiary/aromatic N) is 4. The van der Waals surface area contributed by atoms with Crippen molar-refractivity contribution in [1.82, 2.24) is 10.3 Å². The summed E-state index contributed by atoms with van der Waals surface area (Å²) in [5.74, 6) is 0.199. The Bertz CT molecular complexity index is 1360. The molecule has 0 radical (unpaired) electrons. The average molecular weight is 463 g/mol. The number of ether oxygens (including phenoxy) is 1. The molecule has 1 unspecified atom stereocenters. The van der Waals surface area contributed by atoms with Crippen LogP contribution in [0.5, 0.6) is 5.75 Å². The van der Waals surface area contributed by atoms with Crippen LogP contribution < -0.4 is 26.8 Å². The number of halogens is 2. The zero-order valence-electron chi connectivity index (χ0n) is 16.9. The molecule has 0 spiro atoms. The molecule has 2 heterocycles. The highest BCUT2D eigenvalue weighted by Crippen LogP contribution is 2.44. The standard InChI is InChI=1S/C22H16ClFN8O/c23-12-5-6-16(33-9-11-3-1-2-4-15(11)24)13(7-12)19-17-18(27)14(8-25)20(28)31-21(17)32-22(30-19)29-10-26/h1-7,19H,9H2,(H6,27,28,29,30,31,32). The number of nitriles is 2. The summed E-state index contributed by atoms with van der Waals surface area (Å²) in [5, 5.41) is 24.2. The average Bonchev–Trinajstić information content (AvgIpc) is 2.79. The van der Waals surface area contributed by atoms with Crippen molar-refractivity contribution in [2.75, 3.05) is 16.8 Å². The van der Waals surface area contributed by atoms with Crippen LogP contribution in [0.4, 0.5) is 21.7 Å². The van der Waals surface area contributed by atoms with E-state index in [0.717, 1.165) is 0 Å². The first-order chi connectivity index (χ1) is 15.9. The Kier molecular flexibility index (Phi) is 5.85. The van der Waals surface area contributed by atoms with E-state index in [2.05, 4.69) is 20.6 Å². The summed E-state index contributed by atoms with van der Waals surface area (Å²) >= 11 is 6.26. The van der Waals surface area contributed by atoms with Crippen molar-refractivity contribution >= 4 is 34.9 Å². The molecule has 0 aliphatic carbocycles. The number of pyridine rings is 1. The summed E-state index contributed by atoms with van der Waals surface area (Å²) in [6.07, 6.45) is 1.79. The minimum atomic E-state index is -0.855. The first-order valence-corrected chi connectivity index (χ1v) is 9.95. The lowest BCUT2D eigenvalue weighted by Gasteiger charge is -2.27. The van der Waals surface area contributed by atoms with Crippen LogP contribution in [0.15, 0.2) is 47.5 Å². The predicted molar refractivity (Wildman–Crippen MR) is 122 cm³/mol. The van der Waals surface area contributed by atoms with Crippen molar-refractivity contribution < 1.29 is 9.13 Å². The minimum absolute atomic E-state index is 0.00305. The van der Waals surface area contributed by atoms with E-state index in [1.54, 1.807) is 42.6 Å². The van der Waals surface area contributed by atoms with Crippen molar-refractivity contribution in [3.8, 4) is 18.0 Å². The summed E-state index contributed by atoms with van der Waals surface area (Å²) in [4.78, 5) is 8.73. The van der Waals surface area contributed by atoms with Crippen LogP contribution in [0.2, 0.25) is 5.02 Å². The number of hydrogen-bond donors (Lipinski definition) is 4. The van der Waals surface area contributed by atoms with Crippen molar-refractivity contribution in [3.05, 3.63) is 75.6 Å². The molecule has 0 fully saturated rings. The molecule has 3 aromatic rings. The fourth-order valence-electron chi connectivity index (χ4n) is 3.44. The van der Waals surface area contributed by atoms with Gasteiger partial charge < -0.3 is 21.5 Å². The molecule has 164 valence electrons. The van der Waals surface area contributed by atoms with Gasteiger partial charge in [-0.15, -0.1) is 0 Å². The zero-order valence-corrected chi connectivity index (χ0v) is 17.7. The van der Waals surface area contributed by atoms with E-state index in [-0.39, 0.29) is 35.5 Å². The maximum atomic E-state index is 14.1. The van der Waals surface area contributed by atoms with E-state index >= 15 is 0 Å². The summed E-state index contributed by atoms with van der Waals surface area (Å²) in [5.41, 5.74) is 13.4. The molecule has 0 amide bonds. The molecule has 0 saturated carbocycles. The van der Waals surface area contributed by atoms with Crippen LogP contribution in [0.3, 0.4) is 0 Å². The number of nitrogens with two attached hydrogens (primary N) is 2. The van der Waals surface area contributed by atoms with E-state index < -0.39 is 11.9 Å². The fraction of sp³-hybridized carbons (Fsp3) is 0.0909. The lowest BCUT2D eigenvalue weighted by atomic mass is 9.94. The van der Waals surface area contributed by atoms with Gasteiger partial charge in [0.05, 0.1) is 5.69 Å². The van der Waals surface area contributed by atoms with Crippen LogP contribution in [-0.4, -0.2) is 10.9 Å². The number of aliphatic imine (C=N–C) groups is 1. The molecule has 0 bridgehead atoms. The van der Waals surface area contributed by atoms with Gasteiger partial charge in [0.15, 0.2) is 6.19 Å². The number of aromatic nitrogens is 1. The monoisotopic (exact) mass is 462 g/mol. The van der Waals surface area contributed by atoms with Gasteiger partial charge in [0.25, 0.3) is 0 Å². The number of nitrogens with one attached hydrogen (secondary N) is 2. The molecular weight excluding hydrogens is 447 g/mol. The fourth-order valence-corrected chi connectivity index (χ4v) is 3.62. The highest BCUT2D eigenvalue weighted by Gasteiger charge is 2.31. The number of hydrogen-bond acceptors (Lipinski definition) is 9. The SMILES string of the molecule is N#CNC1=NC(c2cc(Cl)ccc2OCc2ccccc2F)c2c(nc(N)c(C#N)c2N)N1. The first kappa shape index (κ1) is 21.7. The van der Waals surface area contributed by atoms with E-state index in [9.17, 15) is 9.65 Å². The van der Waals surface area contributed by atoms with Gasteiger partial charge in [-0.2, -0.15) is 10.5 Å². The highest BCUT2D eigenvalue weighted by atomic mass is 35.5. The van der Waals surface area contributed by atoms with E-state index in [4.69, 9.17) is 33.1 Å². The van der Waals surface area contributed by atoms with Gasteiger partial charge in [0, 0.05) is 21.7 Å². The molecule has 11 heteroatoms. The van der Waals surface area contributed by atoms with E-state index in [1.165, 1.54) is 6.07 Å². The highest BCUT2D eigenvalue weighted by molar-refractivity contribution is 6.30. The topological polar surface area (TPSA) is 158 Å². The third-order valence-electron chi connectivity index (χ3n) is 4.97. The van der Waals surface area contributed by atoms with Crippen molar-refractivity contribution in [2.45, 2.75) is 12.6 Å². The number of benzene rings is 2. The zero-order chi connectivity index (χ0) is 23.5. The van der Waals surface area contributed by atoms with Crippen LogP contribution in [-0.2, 0) is 6.61 Å². The summed E-state index contributed by atoms with van der Waals surface area (Å²) in [7, 11) is 0. The number of anilines is 3. The molecular formula is C22H16ClFN8O. The molecule has 9 nitrogen and oxygen atoms in total. The maximum Gasteiger partial charge on any atom is 0.211 e.